The Bertz CT molecular complexity index is 701. The number of nitrogens with zero attached hydrogens (tertiary/aromatic N) is 2. The zero-order valence-electron chi connectivity index (χ0n) is 13.1. The van der Waals surface area contributed by atoms with Gasteiger partial charge in [-0.3, -0.25) is 9.69 Å². The number of anilines is 1. The van der Waals surface area contributed by atoms with E-state index in [-0.39, 0.29) is 18.3 Å². The monoisotopic (exact) mass is 335 g/mol. The highest BCUT2D eigenvalue weighted by atomic mass is 19.1. The van der Waals surface area contributed by atoms with E-state index >= 15 is 0 Å². The van der Waals surface area contributed by atoms with Crippen LogP contribution in [0.5, 0.6) is 0 Å². The minimum atomic E-state index is -0.997. The number of carbonyl (C=O) groups is 2. The summed E-state index contributed by atoms with van der Waals surface area (Å²) in [6.07, 6.45) is -1.69. The normalized spacial score (nSPS) is 31.9. The summed E-state index contributed by atoms with van der Waals surface area (Å²) >= 11 is 0. The van der Waals surface area contributed by atoms with E-state index < -0.39 is 18.1 Å². The van der Waals surface area contributed by atoms with Crippen LogP contribution in [0.25, 0.3) is 0 Å². The largest absolute Gasteiger partial charge is 0.434 e. The number of ether oxygens (including phenoxy) is 1. The predicted molar refractivity (Wildman–Crippen MR) is 81.5 cm³/mol. The lowest BCUT2D eigenvalue weighted by Crippen LogP contribution is -2.32. The van der Waals surface area contributed by atoms with E-state index in [0.29, 0.717) is 23.1 Å². The first kappa shape index (κ1) is 15.3. The summed E-state index contributed by atoms with van der Waals surface area (Å²) in [5.41, 5.74) is 6.19. The van der Waals surface area contributed by atoms with Crippen molar-refractivity contribution in [1.82, 2.24) is 5.06 Å². The van der Waals surface area contributed by atoms with Crippen LogP contribution in [0, 0.1) is 17.7 Å². The molecule has 2 N–H and O–H groups in total. The van der Waals surface area contributed by atoms with E-state index in [4.69, 9.17) is 15.3 Å². The van der Waals surface area contributed by atoms with Gasteiger partial charge in [0, 0.05) is 13.1 Å². The van der Waals surface area contributed by atoms with E-state index in [1.54, 1.807) is 19.2 Å². The van der Waals surface area contributed by atoms with E-state index in [0.717, 1.165) is 13.1 Å². The molecule has 3 aliphatic rings. The zero-order valence-corrected chi connectivity index (χ0v) is 13.1. The second kappa shape index (κ2) is 5.42. The number of nitrogens with two attached hydrogens (primary N) is 1. The Hall–Kier alpha value is -2.19. The molecule has 1 saturated carbocycles. The maximum atomic E-state index is 14.5. The van der Waals surface area contributed by atoms with Crippen LogP contribution in [0.1, 0.15) is 11.5 Å². The Morgan fingerprint density at radius 1 is 1.33 bits per heavy atom. The molecule has 0 radical (unpaired) electrons. The van der Waals surface area contributed by atoms with Crippen LogP contribution in [-0.4, -0.2) is 49.9 Å². The summed E-state index contributed by atoms with van der Waals surface area (Å²) in [5, 5.41) is 1.89. The Labute approximate surface area is 138 Å². The molecule has 0 aromatic heterocycles. The van der Waals surface area contributed by atoms with Gasteiger partial charge in [-0.05, 0) is 35.4 Å². The highest BCUT2D eigenvalue weighted by Crippen LogP contribution is 2.58. The minimum Gasteiger partial charge on any atom is -0.434 e. The van der Waals surface area contributed by atoms with Crippen molar-refractivity contribution in [3.8, 4) is 0 Å². The zero-order chi connectivity index (χ0) is 17.0. The Morgan fingerprint density at radius 3 is 2.58 bits per heavy atom. The van der Waals surface area contributed by atoms with Crippen molar-refractivity contribution in [2.45, 2.75) is 12.0 Å². The lowest BCUT2D eigenvalue weighted by atomic mass is 10.1. The van der Waals surface area contributed by atoms with Crippen molar-refractivity contribution in [1.29, 1.82) is 0 Å². The summed E-state index contributed by atoms with van der Waals surface area (Å²) in [6, 6.07) is 4.73. The van der Waals surface area contributed by atoms with Crippen LogP contribution in [0.15, 0.2) is 18.2 Å². The van der Waals surface area contributed by atoms with Gasteiger partial charge in [-0.1, -0.05) is 6.07 Å². The van der Waals surface area contributed by atoms with Crippen molar-refractivity contribution in [2.24, 2.45) is 17.6 Å². The quantitative estimate of drug-likeness (QED) is 0.881. The van der Waals surface area contributed by atoms with Crippen molar-refractivity contribution >= 4 is 17.7 Å². The number of benzene rings is 1. The summed E-state index contributed by atoms with van der Waals surface area (Å²) in [7, 11) is 1.64. The molecule has 7 nitrogen and oxygen atoms in total. The highest BCUT2D eigenvalue weighted by molar-refractivity contribution is 5.95. The number of fused-ring (bicyclic) bond motifs is 1. The fourth-order valence-electron chi connectivity index (χ4n) is 3.87. The van der Waals surface area contributed by atoms with Gasteiger partial charge in [-0.15, -0.1) is 0 Å². The number of carbonyl (C=O) groups excluding carboxylic acids is 2. The molecular formula is C16H18FN3O4. The molecule has 1 aromatic carbocycles. The molecule has 8 heteroatoms. The summed E-state index contributed by atoms with van der Waals surface area (Å²) in [4.78, 5) is 29.4. The predicted octanol–water partition coefficient (Wildman–Crippen LogP) is 0.843. The lowest BCUT2D eigenvalue weighted by Gasteiger charge is -2.17. The van der Waals surface area contributed by atoms with Gasteiger partial charge in [0.2, 0.25) is 0 Å². The van der Waals surface area contributed by atoms with E-state index in [9.17, 15) is 14.0 Å². The summed E-state index contributed by atoms with van der Waals surface area (Å²) in [5.74, 6) is -0.0143. The Morgan fingerprint density at radius 2 is 2.04 bits per heavy atom. The van der Waals surface area contributed by atoms with Gasteiger partial charge in [0.25, 0.3) is 5.91 Å². The number of piperidine rings is 1. The van der Waals surface area contributed by atoms with Crippen LogP contribution in [0.2, 0.25) is 0 Å². The smallest absolute Gasteiger partial charge is 0.415 e. The summed E-state index contributed by atoms with van der Waals surface area (Å²) < 4.78 is 19.4. The molecule has 24 heavy (non-hydrogen) atoms. The maximum Gasteiger partial charge on any atom is 0.415 e. The van der Waals surface area contributed by atoms with Crippen LogP contribution >= 0.6 is 0 Å². The molecule has 2 amide bonds. The molecule has 3 fully saturated rings. The van der Waals surface area contributed by atoms with Crippen molar-refractivity contribution in [2.75, 3.05) is 31.6 Å². The fourth-order valence-corrected chi connectivity index (χ4v) is 3.87. The van der Waals surface area contributed by atoms with Gasteiger partial charge in [-0.2, -0.15) is 5.06 Å². The van der Waals surface area contributed by atoms with E-state index in [1.807, 2.05) is 5.06 Å². The number of primary amides is 1. The van der Waals surface area contributed by atoms with Crippen molar-refractivity contribution in [3.63, 3.8) is 0 Å². The van der Waals surface area contributed by atoms with Gasteiger partial charge < -0.3 is 15.3 Å². The number of hydrogen-bond acceptors (Lipinski definition) is 5. The Balaban J connectivity index is 1.50. The molecule has 1 aromatic rings. The second-order valence-corrected chi connectivity index (χ2v) is 6.47. The van der Waals surface area contributed by atoms with Gasteiger partial charge >= 0.3 is 6.09 Å². The third-order valence-electron chi connectivity index (χ3n) is 5.20. The average molecular weight is 335 g/mol. The molecule has 2 saturated heterocycles. The SMILES string of the molecule is CON1CC2C(C1)C2c1ccc(N2CC(C(N)=O)OC2=O)cc1F. The molecule has 0 bridgehead atoms. The Kier molecular flexibility index (Phi) is 3.47. The fraction of sp³-hybridized carbons (Fsp3) is 0.500. The first-order valence-corrected chi connectivity index (χ1v) is 7.85. The average Bonchev–Trinajstić information content (AvgIpc) is 2.90. The third-order valence-corrected chi connectivity index (χ3v) is 5.20. The van der Waals surface area contributed by atoms with Gasteiger partial charge in [0.1, 0.15) is 5.82 Å². The molecule has 2 heterocycles. The third kappa shape index (κ3) is 2.33. The number of halogens is 1. The maximum absolute atomic E-state index is 14.5. The van der Waals surface area contributed by atoms with Crippen LogP contribution < -0.4 is 10.6 Å². The minimum absolute atomic E-state index is 0.00440. The van der Waals surface area contributed by atoms with Gasteiger partial charge in [-0.25, -0.2) is 9.18 Å². The number of amides is 2. The standard InChI is InChI=1S/C16H18FN3O4/c1-23-19-5-10-11(6-19)14(10)9-3-2-8(4-12(9)17)20-7-13(15(18)21)24-16(20)22/h2-4,10-11,13-14H,5-7H2,1H3,(H2,18,21). The number of cyclic esters (lactones) is 1. The first-order chi connectivity index (χ1) is 11.5. The molecule has 4 rings (SSSR count). The summed E-state index contributed by atoms with van der Waals surface area (Å²) in [6.45, 7) is 1.63. The molecule has 3 unspecified atom stereocenters. The topological polar surface area (TPSA) is 85.1 Å². The van der Waals surface area contributed by atoms with Gasteiger partial charge in [0.15, 0.2) is 6.10 Å². The second-order valence-electron chi connectivity index (χ2n) is 6.47. The molecule has 0 spiro atoms. The molecule has 3 atom stereocenters. The molecule has 128 valence electrons. The lowest BCUT2D eigenvalue weighted by molar-refractivity contribution is -0.124. The highest BCUT2D eigenvalue weighted by Gasteiger charge is 2.57. The van der Waals surface area contributed by atoms with Crippen molar-refractivity contribution < 1.29 is 23.6 Å². The van der Waals surface area contributed by atoms with E-state index in [1.165, 1.54) is 11.0 Å². The van der Waals surface area contributed by atoms with Crippen LogP contribution in [0.4, 0.5) is 14.9 Å². The van der Waals surface area contributed by atoms with E-state index in [2.05, 4.69) is 0 Å². The number of hydroxylamine groups is 2. The van der Waals surface area contributed by atoms with Crippen LogP contribution in [0.3, 0.4) is 0 Å². The molecule has 1 aliphatic carbocycles. The van der Waals surface area contributed by atoms with Crippen LogP contribution in [-0.2, 0) is 14.4 Å². The van der Waals surface area contributed by atoms with Crippen molar-refractivity contribution in [3.05, 3.63) is 29.6 Å². The van der Waals surface area contributed by atoms with Gasteiger partial charge in [0.05, 0.1) is 19.3 Å². The first-order valence-electron chi connectivity index (χ1n) is 7.85. The number of hydrogen-bond donors (Lipinski definition) is 1. The number of rotatable bonds is 4. The molecular weight excluding hydrogens is 317 g/mol. The molecule has 2 aliphatic heterocycles.